The van der Waals surface area contributed by atoms with Crippen LogP contribution in [0.2, 0.25) is 0 Å². The molecule has 0 aliphatic rings. The van der Waals surface area contributed by atoms with Gasteiger partial charge in [-0.05, 0) is 25.5 Å². The molecule has 1 aromatic heterocycles. The molecule has 0 fully saturated rings. The lowest BCUT2D eigenvalue weighted by Gasteiger charge is -2.26. The highest BCUT2D eigenvalue weighted by Crippen LogP contribution is 2.02. The van der Waals surface area contributed by atoms with E-state index >= 15 is 0 Å². The molecular weight excluding hydrogens is 204 g/mol. The molecule has 0 aliphatic heterocycles. The van der Waals surface area contributed by atoms with Gasteiger partial charge in [0.1, 0.15) is 7.05 Å². The molecule has 1 heterocycles. The van der Waals surface area contributed by atoms with Gasteiger partial charge in [0.05, 0.1) is 18.8 Å². The molecular formula is C12H21N2O2+. The van der Waals surface area contributed by atoms with Gasteiger partial charge in [-0.15, -0.1) is 0 Å². The summed E-state index contributed by atoms with van der Waals surface area (Å²) in [5.41, 5.74) is 0.656. The Morgan fingerprint density at radius 3 is 2.31 bits per heavy atom. The maximum absolute atomic E-state index is 9.09. The SMILES string of the molecule is C[n+]1ccc(CCNC(C)(CO)CO)cc1. The molecule has 0 spiro atoms. The normalized spacial score (nSPS) is 11.8. The van der Waals surface area contributed by atoms with E-state index in [1.807, 2.05) is 24.0 Å². The van der Waals surface area contributed by atoms with Crippen molar-refractivity contribution in [1.82, 2.24) is 5.32 Å². The number of pyridine rings is 1. The fourth-order valence-corrected chi connectivity index (χ4v) is 1.37. The fourth-order valence-electron chi connectivity index (χ4n) is 1.37. The van der Waals surface area contributed by atoms with Gasteiger partial charge in [0.25, 0.3) is 0 Å². The van der Waals surface area contributed by atoms with E-state index in [2.05, 4.69) is 17.4 Å². The van der Waals surface area contributed by atoms with Crippen LogP contribution in [0.25, 0.3) is 0 Å². The van der Waals surface area contributed by atoms with E-state index in [9.17, 15) is 0 Å². The minimum Gasteiger partial charge on any atom is -0.394 e. The van der Waals surface area contributed by atoms with Crippen LogP contribution in [0.4, 0.5) is 0 Å². The van der Waals surface area contributed by atoms with Crippen molar-refractivity contribution in [3.8, 4) is 0 Å². The Hall–Kier alpha value is -0.970. The number of hydrogen-bond acceptors (Lipinski definition) is 3. The minimum atomic E-state index is -0.584. The second-order valence-electron chi connectivity index (χ2n) is 4.43. The summed E-state index contributed by atoms with van der Waals surface area (Å²) in [6.45, 7) is 2.42. The van der Waals surface area contributed by atoms with E-state index < -0.39 is 5.54 Å². The Kier molecular flexibility index (Phi) is 4.86. The van der Waals surface area contributed by atoms with Crippen molar-refractivity contribution in [3.63, 3.8) is 0 Å². The van der Waals surface area contributed by atoms with Gasteiger partial charge in [-0.1, -0.05) is 0 Å². The molecule has 0 atom stereocenters. The number of aliphatic hydroxyl groups is 2. The zero-order valence-corrected chi connectivity index (χ0v) is 9.98. The van der Waals surface area contributed by atoms with Crippen LogP contribution < -0.4 is 9.88 Å². The average molecular weight is 225 g/mol. The highest BCUT2D eigenvalue weighted by molar-refractivity contribution is 5.07. The Balaban J connectivity index is 2.38. The van der Waals surface area contributed by atoms with E-state index in [4.69, 9.17) is 10.2 Å². The van der Waals surface area contributed by atoms with Gasteiger partial charge in [-0.3, -0.25) is 0 Å². The predicted octanol–water partition coefficient (Wildman–Crippen LogP) is -0.613. The summed E-state index contributed by atoms with van der Waals surface area (Å²) in [6, 6.07) is 4.13. The molecule has 0 saturated carbocycles. The van der Waals surface area contributed by atoms with Crippen molar-refractivity contribution in [2.75, 3.05) is 19.8 Å². The second-order valence-corrected chi connectivity index (χ2v) is 4.43. The highest BCUT2D eigenvalue weighted by Gasteiger charge is 2.20. The number of aliphatic hydroxyl groups excluding tert-OH is 2. The lowest BCUT2D eigenvalue weighted by molar-refractivity contribution is -0.671. The van der Waals surface area contributed by atoms with Crippen LogP contribution in [-0.4, -0.2) is 35.5 Å². The summed E-state index contributed by atoms with van der Waals surface area (Å²) < 4.78 is 1.99. The third-order valence-corrected chi connectivity index (χ3v) is 2.71. The standard InChI is InChI=1S/C12H21N2O2/c1-12(9-15,10-16)13-6-3-11-4-7-14(2)8-5-11/h4-5,7-8,13,15-16H,3,6,9-10H2,1-2H3/q+1. The summed E-state index contributed by atoms with van der Waals surface area (Å²) in [6.07, 6.45) is 4.90. The zero-order valence-electron chi connectivity index (χ0n) is 9.98. The number of rotatable bonds is 6. The molecule has 4 nitrogen and oxygen atoms in total. The topological polar surface area (TPSA) is 56.4 Å². The van der Waals surface area contributed by atoms with Crippen LogP contribution in [0.15, 0.2) is 24.5 Å². The number of aryl methyl sites for hydroxylation is 1. The largest absolute Gasteiger partial charge is 0.394 e. The Labute approximate surface area is 96.6 Å². The molecule has 0 radical (unpaired) electrons. The Morgan fingerprint density at radius 1 is 1.25 bits per heavy atom. The number of hydrogen-bond donors (Lipinski definition) is 3. The number of nitrogens with one attached hydrogen (secondary N) is 1. The molecule has 1 rings (SSSR count). The quantitative estimate of drug-likeness (QED) is 0.566. The molecule has 3 N–H and O–H groups in total. The van der Waals surface area contributed by atoms with Crippen LogP contribution in [-0.2, 0) is 13.5 Å². The van der Waals surface area contributed by atoms with E-state index in [1.165, 1.54) is 5.56 Å². The van der Waals surface area contributed by atoms with Crippen LogP contribution in [0.1, 0.15) is 12.5 Å². The maximum atomic E-state index is 9.09. The van der Waals surface area contributed by atoms with Gasteiger partial charge in [-0.25, -0.2) is 4.57 Å². The first-order chi connectivity index (χ1) is 7.59. The van der Waals surface area contributed by atoms with Crippen molar-refractivity contribution in [1.29, 1.82) is 0 Å². The third kappa shape index (κ3) is 3.89. The average Bonchev–Trinajstić information content (AvgIpc) is 2.31. The van der Waals surface area contributed by atoms with Gasteiger partial charge in [-0.2, -0.15) is 0 Å². The second kappa shape index (κ2) is 5.94. The van der Waals surface area contributed by atoms with Crippen LogP contribution in [0.3, 0.4) is 0 Å². The summed E-state index contributed by atoms with van der Waals surface area (Å²) >= 11 is 0. The van der Waals surface area contributed by atoms with Gasteiger partial charge in [0.15, 0.2) is 12.4 Å². The van der Waals surface area contributed by atoms with Crippen molar-refractivity contribution < 1.29 is 14.8 Å². The molecule has 1 aromatic rings. The van der Waals surface area contributed by atoms with Gasteiger partial charge in [0, 0.05) is 12.1 Å². The minimum absolute atomic E-state index is 0.0623. The molecule has 16 heavy (non-hydrogen) atoms. The molecule has 0 amide bonds. The van der Waals surface area contributed by atoms with Crippen molar-refractivity contribution in [2.45, 2.75) is 18.9 Å². The van der Waals surface area contributed by atoms with Crippen LogP contribution >= 0.6 is 0 Å². The lowest BCUT2D eigenvalue weighted by atomic mass is 10.1. The summed E-state index contributed by atoms with van der Waals surface area (Å²) in [7, 11) is 1.98. The van der Waals surface area contributed by atoms with E-state index in [0.29, 0.717) is 0 Å². The Bertz CT molecular complexity index is 307. The van der Waals surface area contributed by atoms with Crippen LogP contribution in [0.5, 0.6) is 0 Å². The zero-order chi connectivity index (χ0) is 12.0. The predicted molar refractivity (Wildman–Crippen MR) is 61.9 cm³/mol. The number of aromatic nitrogens is 1. The van der Waals surface area contributed by atoms with Gasteiger partial charge in [0.2, 0.25) is 0 Å². The van der Waals surface area contributed by atoms with Gasteiger partial charge < -0.3 is 15.5 Å². The molecule has 0 aliphatic carbocycles. The molecule has 0 saturated heterocycles. The van der Waals surface area contributed by atoms with E-state index in [0.717, 1.165) is 13.0 Å². The molecule has 4 heteroatoms. The van der Waals surface area contributed by atoms with Gasteiger partial charge >= 0.3 is 0 Å². The van der Waals surface area contributed by atoms with Crippen molar-refractivity contribution in [3.05, 3.63) is 30.1 Å². The number of nitrogens with zero attached hydrogens (tertiary/aromatic N) is 1. The van der Waals surface area contributed by atoms with E-state index in [-0.39, 0.29) is 13.2 Å². The fraction of sp³-hybridized carbons (Fsp3) is 0.583. The first-order valence-electron chi connectivity index (χ1n) is 5.50. The first-order valence-corrected chi connectivity index (χ1v) is 5.50. The molecule has 0 unspecified atom stereocenters. The summed E-state index contributed by atoms with van der Waals surface area (Å²) in [5, 5.41) is 21.3. The van der Waals surface area contributed by atoms with Crippen molar-refractivity contribution >= 4 is 0 Å². The van der Waals surface area contributed by atoms with Crippen molar-refractivity contribution in [2.24, 2.45) is 7.05 Å². The maximum Gasteiger partial charge on any atom is 0.168 e. The Morgan fingerprint density at radius 2 is 1.81 bits per heavy atom. The lowest BCUT2D eigenvalue weighted by Crippen LogP contribution is -2.49. The summed E-state index contributed by atoms with van der Waals surface area (Å²) in [5.74, 6) is 0. The summed E-state index contributed by atoms with van der Waals surface area (Å²) in [4.78, 5) is 0. The highest BCUT2D eigenvalue weighted by atomic mass is 16.3. The first kappa shape index (κ1) is 13.1. The molecule has 0 bridgehead atoms. The van der Waals surface area contributed by atoms with Crippen LogP contribution in [0, 0.1) is 0 Å². The monoisotopic (exact) mass is 225 g/mol. The molecule has 90 valence electrons. The molecule has 0 aromatic carbocycles. The smallest absolute Gasteiger partial charge is 0.168 e. The van der Waals surface area contributed by atoms with E-state index in [1.54, 1.807) is 6.92 Å². The third-order valence-electron chi connectivity index (χ3n) is 2.71.